The van der Waals surface area contributed by atoms with Crippen molar-refractivity contribution in [3.05, 3.63) is 71.3 Å². The number of hydrogen-bond acceptors (Lipinski definition) is 3. The molecule has 1 heterocycles. The summed E-state index contributed by atoms with van der Waals surface area (Å²) in [6.45, 7) is 7.06. The van der Waals surface area contributed by atoms with Crippen LogP contribution in [-0.4, -0.2) is 43.0 Å². The van der Waals surface area contributed by atoms with Crippen molar-refractivity contribution in [2.75, 3.05) is 26.2 Å². The number of aryl methyl sites for hydroxylation is 1. The van der Waals surface area contributed by atoms with Gasteiger partial charge in [-0.1, -0.05) is 54.6 Å². The summed E-state index contributed by atoms with van der Waals surface area (Å²) in [5, 5.41) is 3.16. The van der Waals surface area contributed by atoms with Crippen molar-refractivity contribution in [2.24, 2.45) is 11.7 Å². The first-order valence-electron chi connectivity index (χ1n) is 9.88. The number of nitrogens with two attached hydrogens (primary N) is 1. The average Bonchev–Trinajstić information content (AvgIpc) is 3.07. The van der Waals surface area contributed by atoms with Gasteiger partial charge in [0.05, 0.1) is 6.54 Å². The molecule has 0 saturated carbocycles. The Morgan fingerprint density at radius 1 is 1.15 bits per heavy atom. The van der Waals surface area contributed by atoms with Crippen molar-refractivity contribution < 1.29 is 4.79 Å². The van der Waals surface area contributed by atoms with Gasteiger partial charge >= 0.3 is 0 Å². The summed E-state index contributed by atoms with van der Waals surface area (Å²) >= 11 is 0. The summed E-state index contributed by atoms with van der Waals surface area (Å²) in [6.07, 6.45) is 0.858. The van der Waals surface area contributed by atoms with Crippen LogP contribution in [0.2, 0.25) is 0 Å². The summed E-state index contributed by atoms with van der Waals surface area (Å²) in [6, 6.07) is 19.0. The minimum absolute atomic E-state index is 0.0977. The normalized spacial score (nSPS) is 21.1. The van der Waals surface area contributed by atoms with Crippen LogP contribution in [0.4, 0.5) is 0 Å². The fourth-order valence-electron chi connectivity index (χ4n) is 4.15. The molecule has 3 N–H and O–H groups in total. The van der Waals surface area contributed by atoms with E-state index in [4.69, 9.17) is 5.73 Å². The largest absolute Gasteiger partial charge is 0.352 e. The molecule has 4 heteroatoms. The molecule has 3 rings (SSSR count). The molecule has 1 fully saturated rings. The highest BCUT2D eigenvalue weighted by molar-refractivity contribution is 5.78. The zero-order valence-electron chi connectivity index (χ0n) is 16.4. The second-order valence-electron chi connectivity index (χ2n) is 7.81. The molecule has 0 radical (unpaired) electrons. The van der Waals surface area contributed by atoms with E-state index < -0.39 is 0 Å². The lowest BCUT2D eigenvalue weighted by molar-refractivity contribution is -0.122. The molecule has 1 aliphatic rings. The van der Waals surface area contributed by atoms with E-state index >= 15 is 0 Å². The highest BCUT2D eigenvalue weighted by Crippen LogP contribution is 2.31. The van der Waals surface area contributed by atoms with Gasteiger partial charge in [0.1, 0.15) is 0 Å². The molecule has 27 heavy (non-hydrogen) atoms. The van der Waals surface area contributed by atoms with Crippen molar-refractivity contribution in [1.29, 1.82) is 0 Å². The molecule has 2 aromatic carbocycles. The van der Waals surface area contributed by atoms with Crippen LogP contribution in [0.3, 0.4) is 0 Å². The third-order valence-corrected chi connectivity index (χ3v) is 5.61. The maximum Gasteiger partial charge on any atom is 0.234 e. The van der Waals surface area contributed by atoms with E-state index in [0.29, 0.717) is 24.9 Å². The van der Waals surface area contributed by atoms with E-state index in [1.165, 1.54) is 16.7 Å². The van der Waals surface area contributed by atoms with Gasteiger partial charge in [-0.3, -0.25) is 9.69 Å². The van der Waals surface area contributed by atoms with Crippen LogP contribution in [0.5, 0.6) is 0 Å². The monoisotopic (exact) mass is 365 g/mol. The second-order valence-corrected chi connectivity index (χ2v) is 7.81. The molecule has 144 valence electrons. The van der Waals surface area contributed by atoms with Gasteiger partial charge in [-0.15, -0.1) is 0 Å². The van der Waals surface area contributed by atoms with Crippen molar-refractivity contribution in [3.8, 4) is 0 Å². The van der Waals surface area contributed by atoms with E-state index in [2.05, 4.69) is 66.5 Å². The lowest BCUT2D eigenvalue weighted by atomic mass is 9.89. The Kier molecular flexibility index (Phi) is 6.64. The molecule has 0 aliphatic carbocycles. The standard InChI is InChI=1S/C23H31N3O/c1-17-8-6-7-11-20(17)12-18(2)25-23(27)16-26-14-21(13-24)22(15-26)19-9-4-3-5-10-19/h3-11,18,21-22H,12-16,24H2,1-2H3,(H,25,27)/t18?,21-,22+/m1/s1. The zero-order chi connectivity index (χ0) is 19.2. The minimum Gasteiger partial charge on any atom is -0.352 e. The molecule has 1 unspecified atom stereocenters. The number of carbonyl (C=O) groups excluding carboxylic acids is 1. The number of rotatable bonds is 7. The number of hydrogen-bond donors (Lipinski definition) is 2. The molecule has 2 aromatic rings. The fourth-order valence-corrected chi connectivity index (χ4v) is 4.15. The van der Waals surface area contributed by atoms with Gasteiger partial charge in [-0.2, -0.15) is 0 Å². The number of likely N-dealkylation sites (tertiary alicyclic amines) is 1. The topological polar surface area (TPSA) is 58.4 Å². The van der Waals surface area contributed by atoms with Crippen LogP contribution in [0, 0.1) is 12.8 Å². The van der Waals surface area contributed by atoms with Crippen LogP contribution < -0.4 is 11.1 Å². The Balaban J connectivity index is 1.53. The van der Waals surface area contributed by atoms with Crippen LogP contribution in [-0.2, 0) is 11.2 Å². The quantitative estimate of drug-likeness (QED) is 0.793. The Hall–Kier alpha value is -2.17. The summed E-state index contributed by atoms with van der Waals surface area (Å²) in [5.74, 6) is 0.915. The number of nitrogens with one attached hydrogen (secondary N) is 1. The molecule has 3 atom stereocenters. The molecular formula is C23H31N3O. The van der Waals surface area contributed by atoms with Crippen LogP contribution in [0.15, 0.2) is 54.6 Å². The van der Waals surface area contributed by atoms with Gasteiger partial charge < -0.3 is 11.1 Å². The summed E-state index contributed by atoms with van der Waals surface area (Å²) in [7, 11) is 0. The number of nitrogens with zero attached hydrogens (tertiary/aromatic N) is 1. The van der Waals surface area contributed by atoms with E-state index in [1.54, 1.807) is 0 Å². The molecule has 4 nitrogen and oxygen atoms in total. The van der Waals surface area contributed by atoms with E-state index in [-0.39, 0.29) is 11.9 Å². The number of benzene rings is 2. The smallest absolute Gasteiger partial charge is 0.234 e. The third kappa shape index (κ3) is 5.18. The highest BCUT2D eigenvalue weighted by Gasteiger charge is 2.33. The van der Waals surface area contributed by atoms with Gasteiger partial charge in [0.15, 0.2) is 0 Å². The minimum atomic E-state index is 0.0977. The van der Waals surface area contributed by atoms with Crippen LogP contribution >= 0.6 is 0 Å². The Morgan fingerprint density at radius 3 is 2.56 bits per heavy atom. The van der Waals surface area contributed by atoms with Gasteiger partial charge in [0.25, 0.3) is 0 Å². The first-order valence-corrected chi connectivity index (χ1v) is 9.88. The predicted molar refractivity (Wildman–Crippen MR) is 111 cm³/mol. The zero-order valence-corrected chi connectivity index (χ0v) is 16.4. The second kappa shape index (κ2) is 9.16. The van der Waals surface area contributed by atoms with Crippen molar-refractivity contribution in [2.45, 2.75) is 32.2 Å². The third-order valence-electron chi connectivity index (χ3n) is 5.61. The molecule has 1 amide bonds. The summed E-state index contributed by atoms with van der Waals surface area (Å²) in [4.78, 5) is 14.8. The summed E-state index contributed by atoms with van der Waals surface area (Å²) in [5.41, 5.74) is 9.89. The lowest BCUT2D eigenvalue weighted by Gasteiger charge is -2.19. The molecule has 1 saturated heterocycles. The SMILES string of the molecule is Cc1ccccc1CC(C)NC(=O)CN1C[C@@H](CN)[C@H](c2ccccc2)C1. The van der Waals surface area contributed by atoms with Crippen LogP contribution in [0.1, 0.15) is 29.5 Å². The first kappa shape index (κ1) is 19.6. The van der Waals surface area contributed by atoms with Gasteiger partial charge in [-0.25, -0.2) is 0 Å². The highest BCUT2D eigenvalue weighted by atomic mass is 16.2. The first-order chi connectivity index (χ1) is 13.1. The number of carbonyl (C=O) groups is 1. The van der Waals surface area contributed by atoms with Crippen molar-refractivity contribution >= 4 is 5.91 Å². The Bertz CT molecular complexity index is 746. The number of amides is 1. The molecule has 1 aliphatic heterocycles. The van der Waals surface area contributed by atoms with Crippen LogP contribution in [0.25, 0.3) is 0 Å². The van der Waals surface area contributed by atoms with Gasteiger partial charge in [0, 0.05) is 25.0 Å². The maximum absolute atomic E-state index is 12.5. The van der Waals surface area contributed by atoms with Gasteiger partial charge in [-0.05, 0) is 49.4 Å². The van der Waals surface area contributed by atoms with Crippen molar-refractivity contribution in [1.82, 2.24) is 10.2 Å². The lowest BCUT2D eigenvalue weighted by Crippen LogP contribution is -2.41. The molecular weight excluding hydrogens is 334 g/mol. The molecule has 0 bridgehead atoms. The molecule has 0 spiro atoms. The fraction of sp³-hybridized carbons (Fsp3) is 0.435. The molecule has 0 aromatic heterocycles. The maximum atomic E-state index is 12.5. The average molecular weight is 366 g/mol. The summed E-state index contributed by atoms with van der Waals surface area (Å²) < 4.78 is 0. The van der Waals surface area contributed by atoms with E-state index in [0.717, 1.165) is 19.5 Å². The van der Waals surface area contributed by atoms with Gasteiger partial charge in [0.2, 0.25) is 5.91 Å². The Labute approximate surface area is 162 Å². The van der Waals surface area contributed by atoms with E-state index in [9.17, 15) is 4.79 Å². The Morgan fingerprint density at radius 2 is 1.85 bits per heavy atom. The predicted octanol–water partition coefficient (Wildman–Crippen LogP) is 2.72. The van der Waals surface area contributed by atoms with E-state index in [1.807, 2.05) is 12.1 Å². The van der Waals surface area contributed by atoms with Crippen molar-refractivity contribution in [3.63, 3.8) is 0 Å².